The molecular weight excluding hydrogens is 116 g/mol. The molecule has 9 heavy (non-hydrogen) atoms. The van der Waals surface area contributed by atoms with E-state index in [1.54, 1.807) is 12.3 Å². The van der Waals surface area contributed by atoms with Gasteiger partial charge in [0.15, 0.2) is 6.04 Å². The molecule has 0 saturated heterocycles. The lowest BCUT2D eigenvalue weighted by Gasteiger charge is -1.92. The zero-order valence-corrected chi connectivity index (χ0v) is 4.61. The highest BCUT2D eigenvalue weighted by atomic mass is 16.1. The number of hydrogen-bond donors (Lipinski definition) is 0. The lowest BCUT2D eigenvalue weighted by Crippen LogP contribution is -2.12. The molecule has 2 heterocycles. The van der Waals surface area contributed by atoms with Crippen LogP contribution in [-0.4, -0.2) is 24.3 Å². The van der Waals surface area contributed by atoms with Gasteiger partial charge >= 0.3 is 0 Å². The van der Waals surface area contributed by atoms with Gasteiger partial charge in [0.05, 0.1) is 11.9 Å². The van der Waals surface area contributed by atoms with E-state index in [-0.39, 0.29) is 11.8 Å². The number of aliphatic imine (C=N–C) groups is 2. The summed E-state index contributed by atoms with van der Waals surface area (Å²) in [6.45, 7) is 0. The monoisotopic (exact) mass is 120 g/mol. The molecule has 0 radical (unpaired) electrons. The van der Waals surface area contributed by atoms with E-state index >= 15 is 0 Å². The van der Waals surface area contributed by atoms with E-state index in [9.17, 15) is 4.79 Å². The van der Waals surface area contributed by atoms with Crippen molar-refractivity contribution < 1.29 is 4.79 Å². The van der Waals surface area contributed by atoms with Gasteiger partial charge in [-0.3, -0.25) is 14.8 Å². The Labute approximate surface area is 51.8 Å². The number of ketones is 1. The van der Waals surface area contributed by atoms with Crippen molar-refractivity contribution in [3.8, 4) is 0 Å². The third kappa shape index (κ3) is 0.483. The highest BCUT2D eigenvalue weighted by molar-refractivity contribution is 6.34. The standard InChI is InChI=1S/C6H4N2O/c9-5-3-8-4-1-2-7-6(4)5/h1-3,6H. The van der Waals surface area contributed by atoms with E-state index in [0.717, 1.165) is 5.70 Å². The van der Waals surface area contributed by atoms with Crippen LogP contribution in [0, 0.1) is 0 Å². The van der Waals surface area contributed by atoms with Gasteiger partial charge < -0.3 is 0 Å². The Kier molecular flexibility index (Phi) is 0.704. The SMILES string of the molecule is O=C1C=NC2=CC=NC12. The molecule has 1 unspecified atom stereocenters. The molecule has 0 fully saturated rings. The predicted molar refractivity (Wildman–Crippen MR) is 33.9 cm³/mol. The highest BCUT2D eigenvalue weighted by Crippen LogP contribution is 2.17. The minimum Gasteiger partial charge on any atom is -0.290 e. The molecule has 0 saturated carbocycles. The fraction of sp³-hybridized carbons (Fsp3) is 0.167. The summed E-state index contributed by atoms with van der Waals surface area (Å²) in [5, 5.41) is 0. The number of allylic oxidation sites excluding steroid dienone is 1. The fourth-order valence-electron chi connectivity index (χ4n) is 0.915. The lowest BCUT2D eigenvalue weighted by molar-refractivity contribution is -0.112. The molecule has 0 aromatic carbocycles. The second-order valence-electron chi connectivity index (χ2n) is 1.95. The fourth-order valence-corrected chi connectivity index (χ4v) is 0.915. The quantitative estimate of drug-likeness (QED) is 0.442. The molecule has 0 aromatic heterocycles. The van der Waals surface area contributed by atoms with Crippen molar-refractivity contribution in [2.24, 2.45) is 9.98 Å². The molecular formula is C6H4N2O. The highest BCUT2D eigenvalue weighted by Gasteiger charge is 2.26. The van der Waals surface area contributed by atoms with Crippen molar-refractivity contribution in [1.82, 2.24) is 0 Å². The molecule has 0 spiro atoms. The number of Topliss-reactive ketones (excluding diaryl/α,β-unsaturated/α-hetero) is 1. The molecule has 2 aliphatic heterocycles. The lowest BCUT2D eigenvalue weighted by atomic mass is 10.2. The van der Waals surface area contributed by atoms with Crippen LogP contribution in [0.15, 0.2) is 21.8 Å². The third-order valence-corrected chi connectivity index (χ3v) is 1.37. The first kappa shape index (κ1) is 4.61. The molecule has 2 rings (SSSR count). The van der Waals surface area contributed by atoms with Crippen LogP contribution >= 0.6 is 0 Å². The van der Waals surface area contributed by atoms with E-state index in [1.165, 1.54) is 6.21 Å². The summed E-state index contributed by atoms with van der Waals surface area (Å²) in [6, 6.07) is -0.287. The molecule has 3 heteroatoms. The zero-order chi connectivity index (χ0) is 6.27. The van der Waals surface area contributed by atoms with Crippen molar-refractivity contribution in [2.75, 3.05) is 0 Å². The Morgan fingerprint density at radius 3 is 3.22 bits per heavy atom. The Morgan fingerprint density at radius 2 is 2.44 bits per heavy atom. The van der Waals surface area contributed by atoms with Gasteiger partial charge in [-0.15, -0.1) is 0 Å². The van der Waals surface area contributed by atoms with Gasteiger partial charge in [-0.2, -0.15) is 0 Å². The Hall–Kier alpha value is -1.25. The van der Waals surface area contributed by atoms with Gasteiger partial charge in [0, 0.05) is 6.21 Å². The maximum Gasteiger partial charge on any atom is 0.204 e. The van der Waals surface area contributed by atoms with E-state index in [4.69, 9.17) is 0 Å². The van der Waals surface area contributed by atoms with Gasteiger partial charge in [0.25, 0.3) is 0 Å². The Balaban J connectivity index is 2.47. The summed E-state index contributed by atoms with van der Waals surface area (Å²) in [4.78, 5) is 18.5. The number of hydrogen-bond acceptors (Lipinski definition) is 3. The van der Waals surface area contributed by atoms with Crippen molar-refractivity contribution in [2.45, 2.75) is 6.04 Å². The Bertz CT molecular complexity index is 250. The first-order valence-corrected chi connectivity index (χ1v) is 2.69. The van der Waals surface area contributed by atoms with E-state index in [0.29, 0.717) is 0 Å². The zero-order valence-electron chi connectivity index (χ0n) is 4.61. The molecule has 0 N–H and O–H groups in total. The summed E-state index contributed by atoms with van der Waals surface area (Å²) in [5.41, 5.74) is 0.778. The molecule has 3 nitrogen and oxygen atoms in total. The maximum absolute atomic E-state index is 10.8. The second-order valence-corrected chi connectivity index (χ2v) is 1.95. The number of carbonyl (C=O) groups excluding carboxylic acids is 1. The normalized spacial score (nSPS) is 29.1. The van der Waals surface area contributed by atoms with Crippen LogP contribution in [0.25, 0.3) is 0 Å². The molecule has 1 atom stereocenters. The topological polar surface area (TPSA) is 41.8 Å². The number of nitrogens with zero attached hydrogens (tertiary/aromatic N) is 2. The summed E-state index contributed by atoms with van der Waals surface area (Å²) >= 11 is 0. The summed E-state index contributed by atoms with van der Waals surface area (Å²) < 4.78 is 0. The Morgan fingerprint density at radius 1 is 1.56 bits per heavy atom. The van der Waals surface area contributed by atoms with Crippen molar-refractivity contribution in [3.05, 3.63) is 11.8 Å². The number of rotatable bonds is 0. The van der Waals surface area contributed by atoms with Gasteiger partial charge in [0.1, 0.15) is 0 Å². The summed E-state index contributed by atoms with van der Waals surface area (Å²) in [5.74, 6) is -0.00463. The molecule has 0 amide bonds. The minimum atomic E-state index is -0.287. The van der Waals surface area contributed by atoms with E-state index in [2.05, 4.69) is 9.98 Å². The van der Waals surface area contributed by atoms with Crippen molar-refractivity contribution in [1.29, 1.82) is 0 Å². The van der Waals surface area contributed by atoms with Gasteiger partial charge in [-0.05, 0) is 6.08 Å². The number of fused-ring (bicyclic) bond motifs is 1. The third-order valence-electron chi connectivity index (χ3n) is 1.37. The minimum absolute atomic E-state index is 0.00463. The summed E-state index contributed by atoms with van der Waals surface area (Å²) in [7, 11) is 0. The van der Waals surface area contributed by atoms with Crippen molar-refractivity contribution in [3.63, 3.8) is 0 Å². The van der Waals surface area contributed by atoms with Crippen LogP contribution in [0.5, 0.6) is 0 Å². The summed E-state index contributed by atoms with van der Waals surface area (Å²) in [6.07, 6.45) is 4.70. The second kappa shape index (κ2) is 1.37. The molecule has 0 aliphatic carbocycles. The number of carbonyl (C=O) groups is 1. The van der Waals surface area contributed by atoms with Crippen LogP contribution in [0.4, 0.5) is 0 Å². The van der Waals surface area contributed by atoms with Crippen LogP contribution < -0.4 is 0 Å². The first-order valence-electron chi connectivity index (χ1n) is 2.69. The average Bonchev–Trinajstić information content (AvgIpc) is 2.35. The van der Waals surface area contributed by atoms with Crippen LogP contribution in [0.1, 0.15) is 0 Å². The molecule has 44 valence electrons. The predicted octanol–water partition coefficient (Wildman–Crippen LogP) is -0.0232. The van der Waals surface area contributed by atoms with Crippen LogP contribution in [-0.2, 0) is 4.79 Å². The molecule has 0 aromatic rings. The first-order chi connectivity index (χ1) is 4.38. The maximum atomic E-state index is 10.8. The van der Waals surface area contributed by atoms with Gasteiger partial charge in [-0.1, -0.05) is 0 Å². The molecule has 0 bridgehead atoms. The average molecular weight is 120 g/mol. The van der Waals surface area contributed by atoms with E-state index < -0.39 is 0 Å². The van der Waals surface area contributed by atoms with Crippen molar-refractivity contribution >= 4 is 18.2 Å². The van der Waals surface area contributed by atoms with Gasteiger partial charge in [-0.25, -0.2) is 0 Å². The smallest absolute Gasteiger partial charge is 0.204 e. The van der Waals surface area contributed by atoms with Crippen LogP contribution in [0.2, 0.25) is 0 Å². The molecule has 2 aliphatic rings. The van der Waals surface area contributed by atoms with Gasteiger partial charge in [0.2, 0.25) is 5.78 Å². The van der Waals surface area contributed by atoms with E-state index in [1.807, 2.05) is 0 Å². The van der Waals surface area contributed by atoms with Crippen LogP contribution in [0.3, 0.4) is 0 Å². The largest absolute Gasteiger partial charge is 0.290 e.